The van der Waals surface area contributed by atoms with Crippen LogP contribution in [0.5, 0.6) is 0 Å². The van der Waals surface area contributed by atoms with Gasteiger partial charge >= 0.3 is 5.97 Å². The molecule has 2 rings (SSSR count). The first-order valence-corrected chi connectivity index (χ1v) is 6.00. The molecule has 0 aliphatic rings. The van der Waals surface area contributed by atoms with Crippen molar-refractivity contribution in [2.24, 2.45) is 0 Å². The summed E-state index contributed by atoms with van der Waals surface area (Å²) in [5.41, 5.74) is -0.803. The molecule has 0 bridgehead atoms. The third-order valence-corrected chi connectivity index (χ3v) is 3.09. The van der Waals surface area contributed by atoms with Gasteiger partial charge in [0.25, 0.3) is 0 Å². The number of methoxy groups -OCH3 is 1. The smallest absolute Gasteiger partial charge is 0.373 e. The van der Waals surface area contributed by atoms with Gasteiger partial charge in [-0.2, -0.15) is 0 Å². The first kappa shape index (κ1) is 13.6. The van der Waals surface area contributed by atoms with E-state index in [1.54, 1.807) is 31.2 Å². The van der Waals surface area contributed by atoms with Crippen molar-refractivity contribution < 1.29 is 19.1 Å². The summed E-state index contributed by atoms with van der Waals surface area (Å²) in [5.74, 6) is -0.303. The summed E-state index contributed by atoms with van der Waals surface area (Å²) < 4.78 is 9.88. The van der Waals surface area contributed by atoms with Crippen molar-refractivity contribution in [1.29, 1.82) is 0 Å². The van der Waals surface area contributed by atoms with Crippen molar-refractivity contribution in [2.45, 2.75) is 12.5 Å². The average molecular weight is 281 g/mol. The van der Waals surface area contributed by atoms with Gasteiger partial charge in [-0.1, -0.05) is 23.7 Å². The number of halogens is 1. The molecule has 0 radical (unpaired) electrons. The molecule has 1 atom stereocenters. The fourth-order valence-corrected chi connectivity index (χ4v) is 1.93. The van der Waals surface area contributed by atoms with Crippen molar-refractivity contribution in [3.05, 3.63) is 58.5 Å². The topological polar surface area (TPSA) is 59.7 Å². The monoisotopic (exact) mass is 280 g/mol. The van der Waals surface area contributed by atoms with Crippen LogP contribution in [-0.4, -0.2) is 18.2 Å². The lowest BCUT2D eigenvalue weighted by Gasteiger charge is -2.21. The van der Waals surface area contributed by atoms with E-state index >= 15 is 0 Å². The molecule has 0 saturated heterocycles. The van der Waals surface area contributed by atoms with Crippen LogP contribution in [0.2, 0.25) is 5.02 Å². The molecule has 19 heavy (non-hydrogen) atoms. The van der Waals surface area contributed by atoms with Gasteiger partial charge in [0.1, 0.15) is 11.4 Å². The Kier molecular flexibility index (Phi) is 3.64. The summed E-state index contributed by atoms with van der Waals surface area (Å²) in [6, 6.07) is 9.81. The van der Waals surface area contributed by atoms with E-state index in [4.69, 9.17) is 16.0 Å². The maximum absolute atomic E-state index is 11.3. The minimum Gasteiger partial charge on any atom is -0.463 e. The molecule has 0 fully saturated rings. The quantitative estimate of drug-likeness (QED) is 0.878. The summed E-state index contributed by atoms with van der Waals surface area (Å²) in [6.45, 7) is 1.57. The molecule has 1 heterocycles. The van der Waals surface area contributed by atoms with Crippen LogP contribution in [0.15, 0.2) is 40.8 Å². The minimum absolute atomic E-state index is 0.0415. The van der Waals surface area contributed by atoms with Crippen LogP contribution in [0, 0.1) is 0 Å². The van der Waals surface area contributed by atoms with Gasteiger partial charge < -0.3 is 14.3 Å². The van der Waals surface area contributed by atoms with Gasteiger partial charge in [0.15, 0.2) is 0 Å². The molecular formula is C14H13ClO4. The van der Waals surface area contributed by atoms with Crippen molar-refractivity contribution in [2.75, 3.05) is 7.11 Å². The van der Waals surface area contributed by atoms with Crippen LogP contribution in [0.4, 0.5) is 0 Å². The van der Waals surface area contributed by atoms with Crippen molar-refractivity contribution in [1.82, 2.24) is 0 Å². The van der Waals surface area contributed by atoms with Gasteiger partial charge in [0.2, 0.25) is 5.76 Å². The van der Waals surface area contributed by atoms with Crippen LogP contribution in [-0.2, 0) is 10.3 Å². The zero-order valence-electron chi connectivity index (χ0n) is 10.5. The van der Waals surface area contributed by atoms with Crippen LogP contribution in [0.25, 0.3) is 0 Å². The Bertz CT molecular complexity index is 601. The molecular weight excluding hydrogens is 268 g/mol. The molecule has 1 aromatic heterocycles. The lowest BCUT2D eigenvalue weighted by atomic mass is 9.93. The third-order valence-electron chi connectivity index (χ3n) is 2.86. The molecule has 1 N–H and O–H groups in total. The van der Waals surface area contributed by atoms with Crippen molar-refractivity contribution in [3.8, 4) is 0 Å². The van der Waals surface area contributed by atoms with Gasteiger partial charge in [0.05, 0.1) is 7.11 Å². The maximum Gasteiger partial charge on any atom is 0.373 e. The molecule has 0 spiro atoms. The first-order chi connectivity index (χ1) is 8.95. The predicted molar refractivity (Wildman–Crippen MR) is 70.2 cm³/mol. The van der Waals surface area contributed by atoms with Crippen LogP contribution in [0.1, 0.15) is 28.8 Å². The maximum atomic E-state index is 11.3. The number of hydrogen-bond donors (Lipinski definition) is 1. The lowest BCUT2D eigenvalue weighted by molar-refractivity contribution is 0.0522. The second-order valence-electron chi connectivity index (χ2n) is 4.24. The van der Waals surface area contributed by atoms with Crippen molar-refractivity contribution in [3.63, 3.8) is 0 Å². The third kappa shape index (κ3) is 2.64. The highest BCUT2D eigenvalue weighted by atomic mass is 35.5. The molecule has 100 valence electrons. The van der Waals surface area contributed by atoms with E-state index in [0.29, 0.717) is 10.6 Å². The van der Waals surface area contributed by atoms with E-state index in [0.717, 1.165) is 0 Å². The summed E-state index contributed by atoms with van der Waals surface area (Å²) in [5, 5.41) is 11.1. The number of hydrogen-bond acceptors (Lipinski definition) is 4. The van der Waals surface area contributed by atoms with Gasteiger partial charge in [0, 0.05) is 5.02 Å². The Morgan fingerprint density at radius 3 is 2.74 bits per heavy atom. The Morgan fingerprint density at radius 2 is 2.11 bits per heavy atom. The Labute approximate surface area is 115 Å². The number of carbonyl (C=O) groups excluding carboxylic acids is 1. The largest absolute Gasteiger partial charge is 0.463 e. The Balaban J connectivity index is 2.39. The SMILES string of the molecule is COC(=O)c1ccc(C(C)(O)c2cccc(Cl)c2)o1. The molecule has 5 heteroatoms. The van der Waals surface area contributed by atoms with E-state index in [-0.39, 0.29) is 11.5 Å². The van der Waals surface area contributed by atoms with E-state index in [1.807, 2.05) is 0 Å². The van der Waals surface area contributed by atoms with Gasteiger partial charge in [-0.3, -0.25) is 0 Å². The first-order valence-electron chi connectivity index (χ1n) is 5.62. The second-order valence-corrected chi connectivity index (χ2v) is 4.67. The molecule has 4 nitrogen and oxygen atoms in total. The summed E-state index contributed by atoms with van der Waals surface area (Å²) in [6.07, 6.45) is 0. The fraction of sp³-hybridized carbons (Fsp3) is 0.214. The number of rotatable bonds is 3. The molecule has 1 unspecified atom stereocenters. The summed E-state index contributed by atoms with van der Waals surface area (Å²) in [4.78, 5) is 11.3. The predicted octanol–water partition coefficient (Wildman–Crippen LogP) is 2.98. The normalized spacial score (nSPS) is 13.9. The second kappa shape index (κ2) is 5.07. The van der Waals surface area contributed by atoms with E-state index in [9.17, 15) is 9.90 Å². The molecule has 1 aromatic carbocycles. The highest BCUT2D eigenvalue weighted by Gasteiger charge is 2.30. The lowest BCUT2D eigenvalue weighted by Crippen LogP contribution is -2.22. The van der Waals surface area contributed by atoms with E-state index < -0.39 is 11.6 Å². The Morgan fingerprint density at radius 1 is 1.37 bits per heavy atom. The molecule has 2 aromatic rings. The summed E-state index contributed by atoms with van der Waals surface area (Å²) in [7, 11) is 1.26. The minimum atomic E-state index is -1.38. The molecule has 0 saturated carbocycles. The highest BCUT2D eigenvalue weighted by molar-refractivity contribution is 6.30. The Hall–Kier alpha value is -1.78. The number of carbonyl (C=O) groups is 1. The average Bonchev–Trinajstić information content (AvgIpc) is 2.88. The van der Waals surface area contributed by atoms with Gasteiger partial charge in [-0.25, -0.2) is 4.79 Å². The molecule has 0 aliphatic carbocycles. The number of ether oxygens (including phenoxy) is 1. The number of aliphatic hydroxyl groups is 1. The standard InChI is InChI=1S/C14H13ClO4/c1-14(17,9-4-3-5-10(15)8-9)12-7-6-11(19-12)13(16)18-2/h3-8,17H,1-2H3. The highest BCUT2D eigenvalue weighted by Crippen LogP contribution is 2.31. The van der Waals surface area contributed by atoms with Gasteiger partial charge in [-0.15, -0.1) is 0 Å². The van der Waals surface area contributed by atoms with E-state index in [2.05, 4.69) is 4.74 Å². The molecule has 0 amide bonds. The number of benzene rings is 1. The van der Waals surface area contributed by atoms with Crippen molar-refractivity contribution >= 4 is 17.6 Å². The zero-order chi connectivity index (χ0) is 14.0. The number of esters is 1. The van der Waals surface area contributed by atoms with Gasteiger partial charge in [-0.05, 0) is 36.8 Å². The number of furan rings is 1. The fourth-order valence-electron chi connectivity index (χ4n) is 1.74. The zero-order valence-corrected chi connectivity index (χ0v) is 11.3. The molecule has 0 aliphatic heterocycles. The van der Waals surface area contributed by atoms with Crippen LogP contribution >= 0.6 is 11.6 Å². The van der Waals surface area contributed by atoms with E-state index in [1.165, 1.54) is 19.2 Å². The van der Waals surface area contributed by atoms with Crippen LogP contribution in [0.3, 0.4) is 0 Å². The summed E-state index contributed by atoms with van der Waals surface area (Å²) >= 11 is 5.90. The van der Waals surface area contributed by atoms with Crippen LogP contribution < -0.4 is 0 Å².